The van der Waals surface area contributed by atoms with Gasteiger partial charge in [-0.15, -0.1) is 0 Å². The van der Waals surface area contributed by atoms with Crippen molar-refractivity contribution in [2.75, 3.05) is 12.4 Å². The first kappa shape index (κ1) is 15.6. The largest absolute Gasteiger partial charge is 0.465 e. The molecule has 0 aromatic heterocycles. The van der Waals surface area contributed by atoms with Crippen LogP contribution in [-0.2, 0) is 11.3 Å². The van der Waals surface area contributed by atoms with E-state index in [1.165, 1.54) is 19.2 Å². The van der Waals surface area contributed by atoms with Gasteiger partial charge in [0.15, 0.2) is 0 Å². The second-order valence-electron chi connectivity index (χ2n) is 4.28. The quantitative estimate of drug-likeness (QED) is 0.838. The molecule has 2 aromatic carbocycles. The van der Waals surface area contributed by atoms with Crippen LogP contribution in [0.3, 0.4) is 0 Å². The van der Waals surface area contributed by atoms with Crippen LogP contribution in [0.1, 0.15) is 15.9 Å². The normalized spacial score (nSPS) is 10.3. The number of carbonyl (C=O) groups excluding carboxylic acids is 1. The summed E-state index contributed by atoms with van der Waals surface area (Å²) in [4.78, 5) is 11.7. The Labute approximate surface area is 131 Å². The van der Waals surface area contributed by atoms with Gasteiger partial charge in [-0.3, -0.25) is 0 Å². The summed E-state index contributed by atoms with van der Waals surface area (Å²) < 4.78 is 18.1. The molecule has 0 aliphatic rings. The zero-order chi connectivity index (χ0) is 15.4. The molecule has 0 unspecified atom stereocenters. The number of methoxy groups -OCH3 is 1. The minimum atomic E-state index is -0.491. The van der Waals surface area contributed by atoms with Crippen LogP contribution < -0.4 is 5.32 Å². The molecule has 0 radical (unpaired) electrons. The fourth-order valence-corrected chi connectivity index (χ4v) is 2.09. The van der Waals surface area contributed by atoms with Crippen LogP contribution in [0, 0.1) is 5.82 Å². The Bertz CT molecular complexity index is 677. The number of benzene rings is 2. The van der Waals surface area contributed by atoms with E-state index in [0.29, 0.717) is 28.4 Å². The standard InChI is InChI=1S/C15H12Cl2FNO2/c1-21-15(20)11-4-3-10(16)7-14(11)19-8-9-2-5-12(17)13(18)6-9/h2-7,19H,8H2,1H3. The third-order valence-corrected chi connectivity index (χ3v) is 3.40. The van der Waals surface area contributed by atoms with Gasteiger partial charge in [-0.25, -0.2) is 9.18 Å². The van der Waals surface area contributed by atoms with Crippen LogP contribution in [-0.4, -0.2) is 13.1 Å². The highest BCUT2D eigenvalue weighted by molar-refractivity contribution is 6.31. The zero-order valence-corrected chi connectivity index (χ0v) is 12.6. The van der Waals surface area contributed by atoms with Crippen molar-refractivity contribution in [3.63, 3.8) is 0 Å². The average Bonchev–Trinajstić information content (AvgIpc) is 2.48. The number of hydrogen-bond donors (Lipinski definition) is 1. The van der Waals surface area contributed by atoms with Gasteiger partial charge in [0.05, 0.1) is 23.4 Å². The SMILES string of the molecule is COC(=O)c1ccc(Cl)cc1NCc1ccc(Cl)c(F)c1. The fraction of sp³-hybridized carbons (Fsp3) is 0.133. The molecule has 110 valence electrons. The fourth-order valence-electron chi connectivity index (χ4n) is 1.80. The second-order valence-corrected chi connectivity index (χ2v) is 5.13. The Morgan fingerprint density at radius 3 is 2.67 bits per heavy atom. The molecule has 0 saturated carbocycles. The van der Waals surface area contributed by atoms with Gasteiger partial charge in [0.25, 0.3) is 0 Å². The summed E-state index contributed by atoms with van der Waals surface area (Å²) in [7, 11) is 1.30. The first-order chi connectivity index (χ1) is 10.0. The highest BCUT2D eigenvalue weighted by Gasteiger charge is 2.12. The van der Waals surface area contributed by atoms with Crippen molar-refractivity contribution in [1.29, 1.82) is 0 Å². The van der Waals surface area contributed by atoms with E-state index in [2.05, 4.69) is 5.32 Å². The Kier molecular flexibility index (Phi) is 5.04. The molecule has 0 bridgehead atoms. The van der Waals surface area contributed by atoms with Crippen molar-refractivity contribution in [2.45, 2.75) is 6.54 Å². The molecule has 0 aliphatic heterocycles. The Balaban J connectivity index is 2.20. The van der Waals surface area contributed by atoms with Gasteiger partial charge in [0.1, 0.15) is 5.82 Å². The molecular formula is C15H12Cl2FNO2. The van der Waals surface area contributed by atoms with Gasteiger partial charge in [-0.2, -0.15) is 0 Å². The maximum Gasteiger partial charge on any atom is 0.339 e. The maximum atomic E-state index is 13.4. The van der Waals surface area contributed by atoms with E-state index in [1.807, 2.05) is 0 Å². The third-order valence-electron chi connectivity index (χ3n) is 2.85. The van der Waals surface area contributed by atoms with E-state index < -0.39 is 11.8 Å². The Hall–Kier alpha value is -1.78. The lowest BCUT2D eigenvalue weighted by molar-refractivity contribution is 0.0602. The highest BCUT2D eigenvalue weighted by Crippen LogP contribution is 2.23. The van der Waals surface area contributed by atoms with Gasteiger partial charge in [0.2, 0.25) is 0 Å². The van der Waals surface area contributed by atoms with Crippen molar-refractivity contribution in [3.8, 4) is 0 Å². The Morgan fingerprint density at radius 1 is 1.24 bits per heavy atom. The van der Waals surface area contributed by atoms with Gasteiger partial charge in [-0.05, 0) is 35.9 Å². The van der Waals surface area contributed by atoms with E-state index in [1.54, 1.807) is 24.3 Å². The smallest absolute Gasteiger partial charge is 0.339 e. The van der Waals surface area contributed by atoms with Crippen molar-refractivity contribution >= 4 is 34.9 Å². The van der Waals surface area contributed by atoms with E-state index in [9.17, 15) is 9.18 Å². The van der Waals surface area contributed by atoms with E-state index in [-0.39, 0.29) is 5.02 Å². The first-order valence-electron chi connectivity index (χ1n) is 6.07. The molecule has 2 aromatic rings. The number of halogens is 3. The number of nitrogens with one attached hydrogen (secondary N) is 1. The van der Waals surface area contributed by atoms with E-state index in [0.717, 1.165) is 0 Å². The summed E-state index contributed by atoms with van der Waals surface area (Å²) in [5.41, 5.74) is 1.56. The van der Waals surface area contributed by atoms with Crippen molar-refractivity contribution < 1.29 is 13.9 Å². The van der Waals surface area contributed by atoms with Gasteiger partial charge < -0.3 is 10.1 Å². The molecule has 2 rings (SSSR count). The summed E-state index contributed by atoms with van der Waals surface area (Å²) in [6.45, 7) is 0.318. The number of hydrogen-bond acceptors (Lipinski definition) is 3. The van der Waals surface area contributed by atoms with Crippen LogP contribution >= 0.6 is 23.2 Å². The molecule has 1 N–H and O–H groups in total. The molecule has 0 fully saturated rings. The lowest BCUT2D eigenvalue weighted by atomic mass is 10.1. The summed E-state index contributed by atoms with van der Waals surface area (Å²) in [6, 6.07) is 9.28. The molecule has 0 spiro atoms. The van der Waals surface area contributed by atoms with E-state index in [4.69, 9.17) is 27.9 Å². The second kappa shape index (κ2) is 6.78. The number of esters is 1. The summed E-state index contributed by atoms with van der Waals surface area (Å²) in [6.07, 6.45) is 0. The molecular weight excluding hydrogens is 316 g/mol. The molecule has 0 saturated heterocycles. The van der Waals surface area contributed by atoms with Crippen LogP contribution in [0.2, 0.25) is 10.0 Å². The number of carbonyl (C=O) groups is 1. The summed E-state index contributed by atoms with van der Waals surface area (Å²) in [5.74, 6) is -0.966. The zero-order valence-electron chi connectivity index (χ0n) is 11.1. The van der Waals surface area contributed by atoms with Crippen LogP contribution in [0.4, 0.5) is 10.1 Å². The number of anilines is 1. The van der Waals surface area contributed by atoms with Crippen LogP contribution in [0.5, 0.6) is 0 Å². The lowest BCUT2D eigenvalue weighted by Gasteiger charge is -2.11. The first-order valence-corrected chi connectivity index (χ1v) is 6.82. The van der Waals surface area contributed by atoms with Crippen molar-refractivity contribution in [1.82, 2.24) is 0 Å². The maximum absolute atomic E-state index is 13.4. The van der Waals surface area contributed by atoms with Crippen LogP contribution in [0.15, 0.2) is 36.4 Å². The molecule has 21 heavy (non-hydrogen) atoms. The van der Waals surface area contributed by atoms with Gasteiger partial charge in [-0.1, -0.05) is 29.3 Å². The average molecular weight is 328 g/mol. The summed E-state index contributed by atoms with van der Waals surface area (Å²) >= 11 is 11.6. The lowest BCUT2D eigenvalue weighted by Crippen LogP contribution is -2.08. The monoisotopic (exact) mass is 327 g/mol. The molecule has 0 amide bonds. The minimum Gasteiger partial charge on any atom is -0.465 e. The van der Waals surface area contributed by atoms with E-state index >= 15 is 0 Å². The molecule has 0 atom stereocenters. The third kappa shape index (κ3) is 3.86. The minimum absolute atomic E-state index is 0.0664. The van der Waals surface area contributed by atoms with Crippen molar-refractivity contribution in [2.24, 2.45) is 0 Å². The van der Waals surface area contributed by atoms with Crippen LogP contribution in [0.25, 0.3) is 0 Å². The predicted octanol–water partition coefficient (Wildman–Crippen LogP) is 4.53. The molecule has 0 heterocycles. The van der Waals surface area contributed by atoms with Crippen molar-refractivity contribution in [3.05, 3.63) is 63.4 Å². The topological polar surface area (TPSA) is 38.3 Å². The highest BCUT2D eigenvalue weighted by atomic mass is 35.5. The molecule has 0 aliphatic carbocycles. The van der Waals surface area contributed by atoms with Gasteiger partial charge in [0, 0.05) is 11.6 Å². The number of rotatable bonds is 4. The Morgan fingerprint density at radius 2 is 2.00 bits per heavy atom. The molecule has 3 nitrogen and oxygen atoms in total. The molecule has 6 heteroatoms. The number of ether oxygens (including phenoxy) is 1. The predicted molar refractivity (Wildman–Crippen MR) is 81.5 cm³/mol. The van der Waals surface area contributed by atoms with Gasteiger partial charge >= 0.3 is 5.97 Å². The summed E-state index contributed by atoms with van der Waals surface area (Å²) in [5, 5.41) is 3.58.